The van der Waals surface area contributed by atoms with Crippen LogP contribution in [0.25, 0.3) is 0 Å². The van der Waals surface area contributed by atoms with Crippen LogP contribution >= 0.6 is 0 Å². The maximum atomic E-state index is 12.6. The van der Waals surface area contributed by atoms with E-state index in [9.17, 15) is 14.4 Å². The van der Waals surface area contributed by atoms with Crippen LogP contribution in [0.4, 0.5) is 0 Å². The second kappa shape index (κ2) is 13.2. The van der Waals surface area contributed by atoms with E-state index in [2.05, 4.69) is 16.7 Å². The van der Waals surface area contributed by atoms with Crippen molar-refractivity contribution in [1.29, 1.82) is 0 Å². The highest BCUT2D eigenvalue weighted by atomic mass is 16.5. The molecule has 1 saturated heterocycles. The molecule has 2 aliphatic heterocycles. The Morgan fingerprint density at radius 2 is 1.78 bits per heavy atom. The lowest BCUT2D eigenvalue weighted by Crippen LogP contribution is -2.47. The van der Waals surface area contributed by atoms with Gasteiger partial charge in [0.05, 0.1) is 20.8 Å². The summed E-state index contributed by atoms with van der Waals surface area (Å²) >= 11 is 0. The first-order valence-corrected chi connectivity index (χ1v) is 12.4. The molecular formula is C28H36N2O7. The van der Waals surface area contributed by atoms with E-state index in [-0.39, 0.29) is 25.1 Å². The Bertz CT molecular complexity index is 1120. The smallest absolute Gasteiger partial charge is 0.342 e. The zero-order valence-corrected chi connectivity index (χ0v) is 22.4. The number of carbonyl (C=O) groups is 3. The molecule has 0 radical (unpaired) electrons. The number of amides is 1. The number of rotatable bonds is 9. The lowest BCUT2D eigenvalue weighted by atomic mass is 9.94. The van der Waals surface area contributed by atoms with Crippen molar-refractivity contribution in [2.45, 2.75) is 46.6 Å². The fourth-order valence-corrected chi connectivity index (χ4v) is 4.50. The monoisotopic (exact) mass is 512 g/mol. The molecular weight excluding hydrogens is 476 g/mol. The normalized spacial score (nSPS) is 15.4. The van der Waals surface area contributed by atoms with E-state index >= 15 is 0 Å². The minimum atomic E-state index is -0.417. The van der Waals surface area contributed by atoms with Gasteiger partial charge in [0.25, 0.3) is 0 Å². The van der Waals surface area contributed by atoms with Crippen molar-refractivity contribution >= 4 is 17.8 Å². The molecule has 1 aromatic carbocycles. The maximum Gasteiger partial charge on any atom is 0.342 e. The second-order valence-electron chi connectivity index (χ2n) is 9.15. The molecule has 2 heterocycles. The standard InChI is InChI=1S/C28H36N2O7/c1-19(9-11-24(32)34-4)8-10-22-26(35-5)20(2)23-18-37-28(33)25(23)27(22)36-17-7-6-12-29-13-15-30(16-14-29)21(3)31/h8H,9-18H2,1-5H3/b19-8+. The Hall–Kier alpha value is -3.51. The van der Waals surface area contributed by atoms with Gasteiger partial charge in [-0.3, -0.25) is 14.5 Å². The summed E-state index contributed by atoms with van der Waals surface area (Å²) in [6.07, 6.45) is 3.34. The molecule has 9 nitrogen and oxygen atoms in total. The van der Waals surface area contributed by atoms with Crippen molar-refractivity contribution in [1.82, 2.24) is 9.80 Å². The Balaban J connectivity index is 1.75. The third kappa shape index (κ3) is 7.04. The van der Waals surface area contributed by atoms with Gasteiger partial charge in [-0.15, -0.1) is 0 Å². The molecule has 0 atom stereocenters. The molecule has 3 rings (SSSR count). The van der Waals surface area contributed by atoms with E-state index in [0.29, 0.717) is 56.0 Å². The van der Waals surface area contributed by atoms with Crippen LogP contribution in [0.1, 0.15) is 53.7 Å². The van der Waals surface area contributed by atoms with Gasteiger partial charge in [-0.05, 0) is 32.3 Å². The Labute approximate surface area is 218 Å². The molecule has 0 N–H and O–H groups in total. The van der Waals surface area contributed by atoms with Gasteiger partial charge in [0, 0.05) is 50.7 Å². The topological polar surface area (TPSA) is 94.6 Å². The van der Waals surface area contributed by atoms with Crippen LogP contribution in [-0.2, 0) is 32.1 Å². The highest BCUT2D eigenvalue weighted by Crippen LogP contribution is 2.42. The number of hydrogen-bond acceptors (Lipinski definition) is 8. The zero-order chi connectivity index (χ0) is 26.9. The van der Waals surface area contributed by atoms with Crippen molar-refractivity contribution in [2.24, 2.45) is 0 Å². The number of hydrogen-bond donors (Lipinski definition) is 0. The number of fused-ring (bicyclic) bond motifs is 1. The van der Waals surface area contributed by atoms with Crippen LogP contribution in [0.2, 0.25) is 0 Å². The number of ether oxygens (including phenoxy) is 4. The fourth-order valence-electron chi connectivity index (χ4n) is 4.50. The highest BCUT2D eigenvalue weighted by molar-refractivity contribution is 5.98. The Morgan fingerprint density at radius 1 is 1.05 bits per heavy atom. The summed E-state index contributed by atoms with van der Waals surface area (Å²) in [5, 5.41) is 0. The van der Waals surface area contributed by atoms with Gasteiger partial charge in [0.1, 0.15) is 30.3 Å². The van der Waals surface area contributed by atoms with E-state index in [1.807, 2.05) is 24.8 Å². The minimum absolute atomic E-state index is 0.100. The lowest BCUT2D eigenvalue weighted by molar-refractivity contribution is -0.140. The summed E-state index contributed by atoms with van der Waals surface area (Å²) in [6, 6.07) is 0. The average molecular weight is 513 g/mol. The Kier molecular flexibility index (Phi) is 9.98. The third-order valence-electron chi connectivity index (χ3n) is 6.77. The van der Waals surface area contributed by atoms with Crippen LogP contribution in [0, 0.1) is 18.8 Å². The minimum Gasteiger partial charge on any atom is -0.496 e. The lowest BCUT2D eigenvalue weighted by Gasteiger charge is -2.32. The number of allylic oxidation sites excluding steroid dienone is 2. The van der Waals surface area contributed by atoms with Crippen LogP contribution in [0.15, 0.2) is 11.6 Å². The van der Waals surface area contributed by atoms with Crippen LogP contribution in [0.5, 0.6) is 11.5 Å². The number of benzene rings is 1. The molecule has 200 valence electrons. The number of methoxy groups -OCH3 is 2. The van der Waals surface area contributed by atoms with E-state index in [1.165, 1.54) is 7.11 Å². The fraction of sp³-hybridized carbons (Fsp3) is 0.536. The van der Waals surface area contributed by atoms with E-state index in [0.717, 1.165) is 35.4 Å². The molecule has 9 heteroatoms. The molecule has 0 saturated carbocycles. The van der Waals surface area contributed by atoms with Crippen molar-refractivity contribution < 1.29 is 33.3 Å². The quantitative estimate of drug-likeness (QED) is 0.283. The van der Waals surface area contributed by atoms with Gasteiger partial charge < -0.3 is 23.8 Å². The predicted octanol–water partition coefficient (Wildman–Crippen LogP) is 2.66. The summed E-state index contributed by atoms with van der Waals surface area (Å²) in [6.45, 7) is 9.32. The predicted molar refractivity (Wildman–Crippen MR) is 138 cm³/mol. The highest BCUT2D eigenvalue weighted by Gasteiger charge is 2.33. The molecule has 1 fully saturated rings. The molecule has 0 bridgehead atoms. The molecule has 37 heavy (non-hydrogen) atoms. The number of esters is 2. The number of cyclic esters (lactones) is 1. The van der Waals surface area contributed by atoms with Gasteiger partial charge in [-0.2, -0.15) is 0 Å². The van der Waals surface area contributed by atoms with Gasteiger partial charge in [0.15, 0.2) is 0 Å². The summed E-state index contributed by atoms with van der Waals surface area (Å²) in [4.78, 5) is 39.7. The van der Waals surface area contributed by atoms with Crippen molar-refractivity contribution in [3.05, 3.63) is 33.9 Å². The number of carbonyl (C=O) groups excluding carboxylic acids is 3. The van der Waals surface area contributed by atoms with E-state index in [1.54, 1.807) is 14.0 Å². The number of nitrogens with zero attached hydrogens (tertiary/aromatic N) is 2. The van der Waals surface area contributed by atoms with Gasteiger partial charge in [-0.25, -0.2) is 4.79 Å². The molecule has 0 aliphatic carbocycles. The SMILES string of the molecule is COC(=O)CC/C(C)=C/Cc1c(OC)c(C)c2c(c1OCC#CCN1CCN(C(C)=O)CC1)C(=O)OC2. The first-order valence-electron chi connectivity index (χ1n) is 12.4. The van der Waals surface area contributed by atoms with Crippen molar-refractivity contribution in [3.8, 4) is 23.3 Å². The summed E-state index contributed by atoms with van der Waals surface area (Å²) in [5.41, 5.74) is 3.81. The largest absolute Gasteiger partial charge is 0.496 e. The average Bonchev–Trinajstić information content (AvgIpc) is 3.28. The maximum absolute atomic E-state index is 12.6. The van der Waals surface area contributed by atoms with Gasteiger partial charge in [-0.1, -0.05) is 23.5 Å². The summed E-state index contributed by atoms with van der Waals surface area (Å²) < 4.78 is 21.9. The third-order valence-corrected chi connectivity index (χ3v) is 6.77. The zero-order valence-electron chi connectivity index (χ0n) is 22.4. The van der Waals surface area contributed by atoms with Crippen LogP contribution in [0.3, 0.4) is 0 Å². The number of piperazine rings is 1. The van der Waals surface area contributed by atoms with Crippen LogP contribution in [-0.4, -0.2) is 81.2 Å². The molecule has 2 aliphatic rings. The Morgan fingerprint density at radius 3 is 2.43 bits per heavy atom. The van der Waals surface area contributed by atoms with E-state index in [4.69, 9.17) is 18.9 Å². The summed E-state index contributed by atoms with van der Waals surface area (Å²) in [7, 11) is 2.97. The summed E-state index contributed by atoms with van der Waals surface area (Å²) in [5.74, 6) is 6.69. The van der Waals surface area contributed by atoms with Crippen molar-refractivity contribution in [2.75, 3.05) is 53.6 Å². The first-order chi connectivity index (χ1) is 17.8. The molecule has 0 spiro atoms. The second-order valence-corrected chi connectivity index (χ2v) is 9.15. The van der Waals surface area contributed by atoms with E-state index < -0.39 is 5.97 Å². The van der Waals surface area contributed by atoms with Gasteiger partial charge in [0.2, 0.25) is 5.91 Å². The molecule has 0 aromatic heterocycles. The molecule has 0 unspecified atom stereocenters. The first kappa shape index (κ1) is 28.1. The molecule has 1 aromatic rings. The van der Waals surface area contributed by atoms with Gasteiger partial charge >= 0.3 is 11.9 Å². The molecule has 1 amide bonds. The van der Waals surface area contributed by atoms with Crippen molar-refractivity contribution in [3.63, 3.8) is 0 Å². The van der Waals surface area contributed by atoms with Crippen LogP contribution < -0.4 is 9.47 Å².